The van der Waals surface area contributed by atoms with E-state index in [1.165, 1.54) is 0 Å². The molecule has 3 aromatic rings. The minimum atomic E-state index is -0.518. The molecule has 1 aromatic heterocycles. The van der Waals surface area contributed by atoms with E-state index in [1.54, 1.807) is 0 Å². The Hall–Kier alpha value is -2.54. The molecular formula is C23H28N4O2. The number of β-amino-alcohol motifs (C(OH)–C–C–N with tert-alkyl or cyclic N) is 1. The third-order valence-electron chi connectivity index (χ3n) is 5.51. The summed E-state index contributed by atoms with van der Waals surface area (Å²) >= 11 is 0. The van der Waals surface area contributed by atoms with E-state index in [9.17, 15) is 5.11 Å². The van der Waals surface area contributed by atoms with E-state index in [4.69, 9.17) is 4.74 Å². The van der Waals surface area contributed by atoms with Crippen LogP contribution in [0.1, 0.15) is 5.82 Å². The molecule has 1 saturated heterocycles. The molecule has 4 rings (SSSR count). The molecule has 6 heteroatoms. The largest absolute Gasteiger partial charge is 0.491 e. The molecule has 1 aliphatic heterocycles. The Morgan fingerprint density at radius 1 is 1.17 bits per heavy atom. The third kappa shape index (κ3) is 4.56. The zero-order valence-corrected chi connectivity index (χ0v) is 17.2. The number of fused-ring (bicyclic) bond motifs is 1. The minimum Gasteiger partial charge on any atom is -0.491 e. The number of aromatic nitrogens is 2. The molecule has 152 valence electrons. The molecule has 1 N–H and O–H groups in total. The van der Waals surface area contributed by atoms with Crippen molar-refractivity contribution in [2.45, 2.75) is 19.1 Å². The number of hydrogen-bond acceptors (Lipinski definition) is 6. The van der Waals surface area contributed by atoms with E-state index < -0.39 is 6.10 Å². The molecule has 1 unspecified atom stereocenters. The first-order valence-corrected chi connectivity index (χ1v) is 10.0. The van der Waals surface area contributed by atoms with Crippen LogP contribution in [0.15, 0.2) is 48.8 Å². The summed E-state index contributed by atoms with van der Waals surface area (Å²) in [4.78, 5) is 13.1. The summed E-state index contributed by atoms with van der Waals surface area (Å²) in [5.41, 5.74) is 1.98. The molecule has 2 aromatic carbocycles. The summed E-state index contributed by atoms with van der Waals surface area (Å²) in [6.45, 7) is 4.78. The van der Waals surface area contributed by atoms with E-state index in [1.807, 2.05) is 43.6 Å². The number of aliphatic hydroxyl groups excluding tert-OH is 1. The van der Waals surface area contributed by atoms with Crippen molar-refractivity contribution in [3.05, 3.63) is 54.6 Å². The molecular weight excluding hydrogens is 364 g/mol. The number of rotatable bonds is 7. The van der Waals surface area contributed by atoms with E-state index >= 15 is 0 Å². The molecule has 0 aliphatic carbocycles. The number of likely N-dealkylation sites (tertiary alicyclic amines) is 1. The Balaban J connectivity index is 1.47. The summed E-state index contributed by atoms with van der Waals surface area (Å²) < 4.78 is 5.98. The molecule has 1 fully saturated rings. The van der Waals surface area contributed by atoms with Crippen molar-refractivity contribution in [2.75, 3.05) is 40.3 Å². The summed E-state index contributed by atoms with van der Waals surface area (Å²) in [7, 11) is 4.19. The van der Waals surface area contributed by atoms with Gasteiger partial charge in [0.1, 0.15) is 24.3 Å². The van der Waals surface area contributed by atoms with Crippen LogP contribution in [-0.4, -0.2) is 77.4 Å². The minimum absolute atomic E-state index is 0.269. The predicted octanol–water partition coefficient (Wildman–Crippen LogP) is 2.59. The van der Waals surface area contributed by atoms with Gasteiger partial charge in [0.2, 0.25) is 0 Å². The number of aryl methyl sites for hydroxylation is 1. The van der Waals surface area contributed by atoms with Gasteiger partial charge in [-0.05, 0) is 49.5 Å². The lowest BCUT2D eigenvalue weighted by Crippen LogP contribution is -2.59. The van der Waals surface area contributed by atoms with Gasteiger partial charge in [-0.3, -0.25) is 4.90 Å². The lowest BCUT2D eigenvalue weighted by atomic mass is 10.00. The van der Waals surface area contributed by atoms with Crippen molar-refractivity contribution in [2.24, 2.45) is 0 Å². The van der Waals surface area contributed by atoms with Gasteiger partial charge >= 0.3 is 0 Å². The molecule has 6 nitrogen and oxygen atoms in total. The van der Waals surface area contributed by atoms with Gasteiger partial charge in [0.05, 0.1) is 0 Å². The quantitative estimate of drug-likeness (QED) is 0.667. The highest BCUT2D eigenvalue weighted by atomic mass is 16.5. The van der Waals surface area contributed by atoms with Gasteiger partial charge in [-0.2, -0.15) is 0 Å². The van der Waals surface area contributed by atoms with Crippen molar-refractivity contribution >= 4 is 10.8 Å². The number of benzene rings is 2. The lowest BCUT2D eigenvalue weighted by Gasteiger charge is -2.43. The fourth-order valence-electron chi connectivity index (χ4n) is 3.70. The normalized spacial score (nSPS) is 16.2. The number of hydrogen-bond donors (Lipinski definition) is 1. The van der Waals surface area contributed by atoms with Gasteiger partial charge in [-0.25, -0.2) is 9.97 Å². The summed E-state index contributed by atoms with van der Waals surface area (Å²) in [6, 6.07) is 12.8. The highest BCUT2D eigenvalue weighted by Crippen LogP contribution is 2.32. The van der Waals surface area contributed by atoms with Crippen LogP contribution in [-0.2, 0) is 0 Å². The van der Waals surface area contributed by atoms with Crippen LogP contribution in [0.2, 0.25) is 0 Å². The number of likely N-dealkylation sites (N-methyl/N-ethyl adjacent to an activating group) is 1. The average molecular weight is 393 g/mol. The second-order valence-electron chi connectivity index (χ2n) is 8.01. The van der Waals surface area contributed by atoms with Gasteiger partial charge in [0.25, 0.3) is 0 Å². The maximum absolute atomic E-state index is 10.4. The Bertz CT molecular complexity index is 968. The zero-order chi connectivity index (χ0) is 20.4. The monoisotopic (exact) mass is 392 g/mol. The predicted molar refractivity (Wildman–Crippen MR) is 115 cm³/mol. The SMILES string of the molecule is Cc1ncc(-c2cc(OCC(O)CN3CC(N(C)C)C3)cc3ccccc23)cn1. The summed E-state index contributed by atoms with van der Waals surface area (Å²) in [5.74, 6) is 1.49. The van der Waals surface area contributed by atoms with Crippen LogP contribution in [0.3, 0.4) is 0 Å². The molecule has 1 aliphatic rings. The molecule has 0 radical (unpaired) electrons. The number of aliphatic hydroxyl groups is 1. The zero-order valence-electron chi connectivity index (χ0n) is 17.2. The Labute approximate surface area is 171 Å². The van der Waals surface area contributed by atoms with Crippen LogP contribution < -0.4 is 4.74 Å². The van der Waals surface area contributed by atoms with Gasteiger partial charge in [-0.1, -0.05) is 24.3 Å². The van der Waals surface area contributed by atoms with Gasteiger partial charge in [0, 0.05) is 43.6 Å². The van der Waals surface area contributed by atoms with Crippen molar-refractivity contribution in [1.82, 2.24) is 19.8 Å². The molecule has 1 atom stereocenters. The molecule has 0 bridgehead atoms. The van der Waals surface area contributed by atoms with Gasteiger partial charge < -0.3 is 14.7 Å². The van der Waals surface area contributed by atoms with Gasteiger partial charge in [0.15, 0.2) is 0 Å². The Kier molecular flexibility index (Phi) is 5.76. The van der Waals surface area contributed by atoms with Crippen molar-refractivity contribution in [3.63, 3.8) is 0 Å². The fraction of sp³-hybridized carbons (Fsp3) is 0.391. The first-order valence-electron chi connectivity index (χ1n) is 10.0. The van der Waals surface area contributed by atoms with Crippen LogP contribution in [0.25, 0.3) is 21.9 Å². The molecule has 29 heavy (non-hydrogen) atoms. The lowest BCUT2D eigenvalue weighted by molar-refractivity contribution is 0.00720. The highest BCUT2D eigenvalue weighted by Gasteiger charge is 2.29. The van der Waals surface area contributed by atoms with Crippen molar-refractivity contribution < 1.29 is 9.84 Å². The first kappa shape index (κ1) is 19.8. The smallest absolute Gasteiger partial charge is 0.125 e. The second kappa shape index (κ2) is 8.45. The van der Waals surface area contributed by atoms with E-state index in [0.29, 0.717) is 12.6 Å². The fourth-order valence-corrected chi connectivity index (χ4v) is 3.70. The van der Waals surface area contributed by atoms with E-state index in [-0.39, 0.29) is 6.61 Å². The highest BCUT2D eigenvalue weighted by molar-refractivity contribution is 5.97. The number of ether oxygens (including phenoxy) is 1. The van der Waals surface area contributed by atoms with Crippen molar-refractivity contribution in [1.29, 1.82) is 0 Å². The Morgan fingerprint density at radius 2 is 1.90 bits per heavy atom. The van der Waals surface area contributed by atoms with Crippen LogP contribution in [0, 0.1) is 6.92 Å². The standard InChI is InChI=1S/C23H28N4O2/c1-16-24-10-18(11-25-16)23-9-21(8-17-6-4-5-7-22(17)23)29-15-20(28)14-27-12-19(13-27)26(2)3/h4-11,19-20,28H,12-15H2,1-3H3. The van der Waals surface area contributed by atoms with Crippen LogP contribution in [0.4, 0.5) is 0 Å². The van der Waals surface area contributed by atoms with E-state index in [0.717, 1.165) is 46.6 Å². The second-order valence-corrected chi connectivity index (χ2v) is 8.01. The first-order chi connectivity index (χ1) is 14.0. The maximum Gasteiger partial charge on any atom is 0.125 e. The maximum atomic E-state index is 10.4. The molecule has 2 heterocycles. The van der Waals surface area contributed by atoms with Crippen molar-refractivity contribution in [3.8, 4) is 16.9 Å². The van der Waals surface area contributed by atoms with Gasteiger partial charge in [-0.15, -0.1) is 0 Å². The molecule has 0 amide bonds. The molecule has 0 saturated carbocycles. The van der Waals surface area contributed by atoms with Crippen LogP contribution in [0.5, 0.6) is 5.75 Å². The number of nitrogens with zero attached hydrogens (tertiary/aromatic N) is 4. The summed E-state index contributed by atoms with van der Waals surface area (Å²) in [5, 5.41) is 12.6. The molecule has 0 spiro atoms. The Morgan fingerprint density at radius 3 is 2.62 bits per heavy atom. The summed E-state index contributed by atoms with van der Waals surface area (Å²) in [6.07, 6.45) is 3.16. The third-order valence-corrected chi connectivity index (χ3v) is 5.51. The van der Waals surface area contributed by atoms with E-state index in [2.05, 4.69) is 46.0 Å². The van der Waals surface area contributed by atoms with Crippen LogP contribution >= 0.6 is 0 Å². The topological polar surface area (TPSA) is 61.7 Å². The average Bonchev–Trinajstić information content (AvgIpc) is 2.68.